The highest BCUT2D eigenvalue weighted by Crippen LogP contribution is 2.23. The summed E-state index contributed by atoms with van der Waals surface area (Å²) in [6, 6.07) is 4.41. The van der Waals surface area contributed by atoms with Gasteiger partial charge in [0.05, 0.1) is 13.1 Å². The molecule has 154 valence electrons. The number of rotatable bonds is 6. The molecule has 1 aliphatic heterocycles. The maximum absolute atomic E-state index is 12.0. The van der Waals surface area contributed by atoms with Crippen LogP contribution in [0.4, 0.5) is 0 Å². The smallest absolute Gasteiger partial charge is 0.234 e. The molecule has 1 aliphatic carbocycles. The van der Waals surface area contributed by atoms with Gasteiger partial charge in [-0.1, -0.05) is 12.1 Å². The number of phenolic OH excluding ortho intramolecular Hbond substituents is 1. The molecule has 3 rings (SSSR count). The van der Waals surface area contributed by atoms with Crippen LogP contribution in [0.25, 0.3) is 0 Å². The molecule has 7 nitrogen and oxygen atoms in total. The van der Waals surface area contributed by atoms with E-state index in [1.54, 1.807) is 0 Å². The monoisotopic (exact) mass is 387 g/mol. The first-order valence-corrected chi connectivity index (χ1v) is 10.3. The molecular formula is C21H33N5O2. The molecule has 0 bridgehead atoms. The van der Waals surface area contributed by atoms with E-state index < -0.39 is 0 Å². The lowest BCUT2D eigenvalue weighted by molar-refractivity contribution is -0.122. The van der Waals surface area contributed by atoms with Crippen molar-refractivity contribution in [3.8, 4) is 5.75 Å². The van der Waals surface area contributed by atoms with E-state index in [0.29, 0.717) is 24.9 Å². The SMILES string of the molecule is CCNC(=NCc1cc(C)c(O)c(C)c1)N1CCN(CC(=O)NC2CC2)CC1. The van der Waals surface area contributed by atoms with Gasteiger partial charge < -0.3 is 20.6 Å². The Labute approximate surface area is 167 Å². The molecule has 0 atom stereocenters. The maximum Gasteiger partial charge on any atom is 0.234 e. The van der Waals surface area contributed by atoms with Gasteiger partial charge in [0.15, 0.2) is 5.96 Å². The van der Waals surface area contributed by atoms with Gasteiger partial charge in [-0.3, -0.25) is 9.69 Å². The first kappa shape index (κ1) is 20.5. The summed E-state index contributed by atoms with van der Waals surface area (Å²) in [6.07, 6.45) is 2.25. The Kier molecular flexibility index (Phi) is 6.78. The molecule has 2 aliphatic rings. The summed E-state index contributed by atoms with van der Waals surface area (Å²) in [5.41, 5.74) is 2.86. The van der Waals surface area contributed by atoms with Gasteiger partial charge >= 0.3 is 0 Å². The second-order valence-electron chi connectivity index (χ2n) is 7.85. The van der Waals surface area contributed by atoms with Crippen LogP contribution in [-0.2, 0) is 11.3 Å². The summed E-state index contributed by atoms with van der Waals surface area (Å²) in [5, 5.41) is 16.4. The third-order valence-corrected chi connectivity index (χ3v) is 5.28. The summed E-state index contributed by atoms with van der Waals surface area (Å²) in [6.45, 7) is 11.2. The number of carbonyl (C=O) groups excluding carboxylic acids is 1. The van der Waals surface area contributed by atoms with Crippen LogP contribution in [0, 0.1) is 13.8 Å². The van der Waals surface area contributed by atoms with Crippen molar-refractivity contribution < 1.29 is 9.90 Å². The van der Waals surface area contributed by atoms with Crippen LogP contribution in [0.1, 0.15) is 36.5 Å². The van der Waals surface area contributed by atoms with Crippen LogP contribution in [0.2, 0.25) is 0 Å². The molecular weight excluding hydrogens is 354 g/mol. The summed E-state index contributed by atoms with van der Waals surface area (Å²) in [5.74, 6) is 1.42. The van der Waals surface area contributed by atoms with Crippen molar-refractivity contribution in [1.29, 1.82) is 0 Å². The Hall–Kier alpha value is -2.28. The molecule has 0 unspecified atom stereocenters. The Morgan fingerprint density at radius 1 is 1.18 bits per heavy atom. The molecule has 3 N–H and O–H groups in total. The number of hydrogen-bond acceptors (Lipinski definition) is 4. The van der Waals surface area contributed by atoms with Gasteiger partial charge in [0.25, 0.3) is 0 Å². The highest BCUT2D eigenvalue weighted by atomic mass is 16.3. The molecule has 7 heteroatoms. The first-order chi connectivity index (χ1) is 13.5. The van der Waals surface area contributed by atoms with Gasteiger partial charge in [0.2, 0.25) is 5.91 Å². The number of aromatic hydroxyl groups is 1. The van der Waals surface area contributed by atoms with Crippen molar-refractivity contribution in [2.24, 2.45) is 4.99 Å². The lowest BCUT2D eigenvalue weighted by Crippen LogP contribution is -2.54. The van der Waals surface area contributed by atoms with Crippen molar-refractivity contribution in [3.63, 3.8) is 0 Å². The normalized spacial score (nSPS) is 18.2. The van der Waals surface area contributed by atoms with Crippen LogP contribution in [0.3, 0.4) is 0 Å². The van der Waals surface area contributed by atoms with Crippen LogP contribution in [0.5, 0.6) is 5.75 Å². The largest absolute Gasteiger partial charge is 0.507 e. The Balaban J connectivity index is 1.55. The third-order valence-electron chi connectivity index (χ3n) is 5.28. The highest BCUT2D eigenvalue weighted by Gasteiger charge is 2.25. The number of nitrogens with one attached hydrogen (secondary N) is 2. The summed E-state index contributed by atoms with van der Waals surface area (Å²) in [4.78, 5) is 21.3. The van der Waals surface area contributed by atoms with Gasteiger partial charge in [0.1, 0.15) is 5.75 Å². The van der Waals surface area contributed by atoms with E-state index in [1.807, 2.05) is 26.0 Å². The Morgan fingerprint density at radius 2 is 1.82 bits per heavy atom. The molecule has 0 radical (unpaired) electrons. The number of nitrogens with zero attached hydrogens (tertiary/aromatic N) is 3. The number of benzene rings is 1. The number of piperazine rings is 1. The molecule has 1 heterocycles. The zero-order valence-corrected chi connectivity index (χ0v) is 17.3. The molecule has 1 aromatic rings. The summed E-state index contributed by atoms with van der Waals surface area (Å²) >= 11 is 0. The number of phenols is 1. The van der Waals surface area contributed by atoms with E-state index in [4.69, 9.17) is 4.99 Å². The second kappa shape index (κ2) is 9.28. The Morgan fingerprint density at radius 3 is 2.39 bits per heavy atom. The average Bonchev–Trinajstić information content (AvgIpc) is 3.47. The number of guanidine groups is 1. The lowest BCUT2D eigenvalue weighted by Gasteiger charge is -2.36. The van der Waals surface area contributed by atoms with E-state index in [2.05, 4.69) is 27.4 Å². The highest BCUT2D eigenvalue weighted by molar-refractivity contribution is 5.80. The zero-order valence-electron chi connectivity index (χ0n) is 17.3. The van der Waals surface area contributed by atoms with Crippen LogP contribution in [-0.4, -0.2) is 72.1 Å². The van der Waals surface area contributed by atoms with E-state index >= 15 is 0 Å². The van der Waals surface area contributed by atoms with E-state index in [9.17, 15) is 9.90 Å². The van der Waals surface area contributed by atoms with E-state index in [0.717, 1.165) is 68.2 Å². The van der Waals surface area contributed by atoms with Gasteiger partial charge in [-0.05, 0) is 50.3 Å². The molecule has 1 saturated carbocycles. The fourth-order valence-electron chi connectivity index (χ4n) is 3.55. The number of amides is 1. The van der Waals surface area contributed by atoms with Crippen molar-refractivity contribution in [2.75, 3.05) is 39.3 Å². The Bertz CT molecular complexity index is 699. The zero-order chi connectivity index (χ0) is 20.1. The standard InChI is InChI=1S/C21H33N5O2/c1-4-22-21(23-13-17-11-15(2)20(28)16(3)12-17)26-9-7-25(8-10-26)14-19(27)24-18-5-6-18/h11-12,18,28H,4-10,13-14H2,1-3H3,(H,22,23)(H,24,27). The number of carbonyl (C=O) groups is 1. The fourth-order valence-corrected chi connectivity index (χ4v) is 3.55. The maximum atomic E-state index is 12.0. The van der Waals surface area contributed by atoms with Crippen molar-refractivity contribution in [2.45, 2.75) is 46.2 Å². The minimum Gasteiger partial charge on any atom is -0.507 e. The van der Waals surface area contributed by atoms with Crippen molar-refractivity contribution in [1.82, 2.24) is 20.4 Å². The van der Waals surface area contributed by atoms with Gasteiger partial charge in [-0.2, -0.15) is 0 Å². The molecule has 28 heavy (non-hydrogen) atoms. The molecule has 1 saturated heterocycles. The number of hydrogen-bond donors (Lipinski definition) is 3. The lowest BCUT2D eigenvalue weighted by atomic mass is 10.1. The number of aliphatic imine (C=N–C) groups is 1. The van der Waals surface area contributed by atoms with Gasteiger partial charge in [-0.25, -0.2) is 4.99 Å². The van der Waals surface area contributed by atoms with Crippen LogP contribution < -0.4 is 10.6 Å². The van der Waals surface area contributed by atoms with E-state index in [1.165, 1.54) is 0 Å². The topological polar surface area (TPSA) is 80.2 Å². The minimum absolute atomic E-state index is 0.148. The van der Waals surface area contributed by atoms with E-state index in [-0.39, 0.29) is 5.91 Å². The molecule has 1 amide bonds. The van der Waals surface area contributed by atoms with Crippen molar-refractivity contribution >= 4 is 11.9 Å². The average molecular weight is 388 g/mol. The third kappa shape index (κ3) is 5.61. The van der Waals surface area contributed by atoms with Crippen LogP contribution >= 0.6 is 0 Å². The minimum atomic E-state index is 0.148. The molecule has 0 spiro atoms. The summed E-state index contributed by atoms with van der Waals surface area (Å²) < 4.78 is 0. The predicted molar refractivity (Wildman–Crippen MR) is 112 cm³/mol. The first-order valence-electron chi connectivity index (χ1n) is 10.3. The fraction of sp³-hybridized carbons (Fsp3) is 0.619. The molecule has 0 aromatic heterocycles. The van der Waals surface area contributed by atoms with Crippen LogP contribution in [0.15, 0.2) is 17.1 Å². The second-order valence-corrected chi connectivity index (χ2v) is 7.85. The molecule has 1 aromatic carbocycles. The number of aryl methyl sites for hydroxylation is 2. The molecule has 2 fully saturated rings. The van der Waals surface area contributed by atoms with Gasteiger partial charge in [-0.15, -0.1) is 0 Å². The summed E-state index contributed by atoms with van der Waals surface area (Å²) in [7, 11) is 0. The van der Waals surface area contributed by atoms with Crippen molar-refractivity contribution in [3.05, 3.63) is 28.8 Å². The predicted octanol–water partition coefficient (Wildman–Crippen LogP) is 1.37. The quantitative estimate of drug-likeness (QED) is 0.508. The van der Waals surface area contributed by atoms with Gasteiger partial charge in [0, 0.05) is 38.8 Å².